The molecule has 0 saturated heterocycles. The number of carboxylic acids is 1. The molecule has 2 N–H and O–H groups in total. The van der Waals surface area contributed by atoms with Crippen molar-refractivity contribution in [3.63, 3.8) is 0 Å². The predicted molar refractivity (Wildman–Crippen MR) is 153 cm³/mol. The molecule has 2 unspecified atom stereocenters. The van der Waals surface area contributed by atoms with Crippen LogP contribution in [0.1, 0.15) is 84.1 Å². The zero-order chi connectivity index (χ0) is 27.9. The lowest BCUT2D eigenvalue weighted by Crippen LogP contribution is -2.14. The second-order valence-corrected chi connectivity index (χ2v) is 10.2. The van der Waals surface area contributed by atoms with Gasteiger partial charge in [-0.3, -0.25) is 4.79 Å². The van der Waals surface area contributed by atoms with Gasteiger partial charge in [-0.2, -0.15) is 0 Å². The van der Waals surface area contributed by atoms with Gasteiger partial charge in [-0.1, -0.05) is 60.7 Å². The molecule has 0 aliphatic heterocycles. The van der Waals surface area contributed by atoms with E-state index in [-0.39, 0.29) is 12.3 Å². The van der Waals surface area contributed by atoms with Gasteiger partial charge in [0.1, 0.15) is 5.52 Å². The number of aliphatic carboxylic acids is 1. The Bertz CT molecular complexity index is 1410. The van der Waals surface area contributed by atoms with Gasteiger partial charge in [0.05, 0.1) is 24.6 Å². The topological polar surface area (TPSA) is 97.5 Å². The van der Waals surface area contributed by atoms with Gasteiger partial charge < -0.3 is 14.9 Å². The number of nitrogens with zero attached hydrogens (tertiary/aromatic N) is 3. The van der Waals surface area contributed by atoms with Gasteiger partial charge in [-0.15, -0.1) is 5.10 Å². The Morgan fingerprint density at radius 2 is 1.77 bits per heavy atom. The number of unbranched alkanes of at least 4 members (excludes halogenated alkanes) is 1. The van der Waals surface area contributed by atoms with Crippen molar-refractivity contribution in [3.8, 4) is 0 Å². The number of hydrogen-bond acceptors (Lipinski definition) is 5. The average Bonchev–Trinajstić information content (AvgIpc) is 3.33. The van der Waals surface area contributed by atoms with E-state index < -0.39 is 12.1 Å². The van der Waals surface area contributed by atoms with E-state index in [9.17, 15) is 15.0 Å². The highest BCUT2D eigenvalue weighted by Crippen LogP contribution is 2.38. The minimum atomic E-state index is -0.862. The highest BCUT2D eigenvalue weighted by Gasteiger charge is 2.26. The first-order valence-corrected chi connectivity index (χ1v) is 13.8. The Hall–Kier alpha value is -3.55. The number of aryl methyl sites for hydroxylation is 3. The van der Waals surface area contributed by atoms with Crippen molar-refractivity contribution in [2.45, 2.75) is 78.6 Å². The fourth-order valence-corrected chi connectivity index (χ4v) is 5.62. The van der Waals surface area contributed by atoms with Crippen LogP contribution in [-0.4, -0.2) is 37.8 Å². The molecule has 7 nitrogen and oxygen atoms in total. The van der Waals surface area contributed by atoms with Gasteiger partial charge in [0, 0.05) is 19.1 Å². The zero-order valence-electron chi connectivity index (χ0n) is 23.4. The van der Waals surface area contributed by atoms with Crippen LogP contribution < -0.4 is 0 Å². The van der Waals surface area contributed by atoms with Crippen LogP contribution in [0.25, 0.3) is 11.0 Å². The standard InChI is InChI=1S/C32H39N3O4/c1-5-25-27(14-13-21(2)31(25)23(4)36)28(19-30(37)38)26-15-16-29-32(22(26)3)33-34-35(29)17-9-10-18-39-20-24-11-7-6-8-12-24/h6-8,11-16,23,28,36H,5,9-10,17-20H2,1-4H3,(H,37,38). The number of carbonyl (C=O) groups is 1. The molecule has 0 spiro atoms. The third kappa shape index (κ3) is 6.54. The van der Waals surface area contributed by atoms with Crippen molar-refractivity contribution in [2.75, 3.05) is 6.61 Å². The largest absolute Gasteiger partial charge is 0.481 e. The van der Waals surface area contributed by atoms with Gasteiger partial charge in [0.25, 0.3) is 0 Å². The maximum absolute atomic E-state index is 12.0. The molecule has 0 aliphatic carbocycles. The van der Waals surface area contributed by atoms with Crippen LogP contribution in [0.15, 0.2) is 54.6 Å². The molecular formula is C32H39N3O4. The monoisotopic (exact) mass is 529 g/mol. The molecular weight excluding hydrogens is 490 g/mol. The number of aromatic nitrogens is 3. The van der Waals surface area contributed by atoms with Crippen molar-refractivity contribution >= 4 is 17.0 Å². The number of benzene rings is 3. The lowest BCUT2D eigenvalue weighted by atomic mass is 9.80. The van der Waals surface area contributed by atoms with Crippen molar-refractivity contribution in [3.05, 3.63) is 93.5 Å². The summed E-state index contributed by atoms with van der Waals surface area (Å²) in [5, 5.41) is 29.2. The van der Waals surface area contributed by atoms with E-state index in [1.54, 1.807) is 6.92 Å². The smallest absolute Gasteiger partial charge is 0.304 e. The quantitative estimate of drug-likeness (QED) is 0.198. The number of aliphatic hydroxyl groups excluding tert-OH is 1. The third-order valence-electron chi connectivity index (χ3n) is 7.51. The van der Waals surface area contributed by atoms with Gasteiger partial charge in [0.15, 0.2) is 0 Å². The summed E-state index contributed by atoms with van der Waals surface area (Å²) in [4.78, 5) is 12.0. The number of carboxylic acid groups (broad SMARTS) is 1. The molecule has 0 fully saturated rings. The number of rotatable bonds is 13. The van der Waals surface area contributed by atoms with E-state index in [1.165, 1.54) is 5.56 Å². The van der Waals surface area contributed by atoms with Crippen molar-refractivity contribution in [1.82, 2.24) is 15.0 Å². The summed E-state index contributed by atoms with van der Waals surface area (Å²) in [5.74, 6) is -1.22. The Labute approximate surface area is 230 Å². The molecule has 7 heteroatoms. The summed E-state index contributed by atoms with van der Waals surface area (Å²) >= 11 is 0. The normalized spacial score (nSPS) is 13.1. The van der Waals surface area contributed by atoms with Crippen molar-refractivity contribution in [2.24, 2.45) is 0 Å². The van der Waals surface area contributed by atoms with Crippen LogP contribution in [0.2, 0.25) is 0 Å². The van der Waals surface area contributed by atoms with Crippen LogP contribution in [0.5, 0.6) is 0 Å². The maximum atomic E-state index is 12.0. The van der Waals surface area contributed by atoms with Crippen LogP contribution in [-0.2, 0) is 29.1 Å². The van der Waals surface area contributed by atoms with Crippen LogP contribution in [0, 0.1) is 13.8 Å². The average molecular weight is 530 g/mol. The molecule has 4 aromatic rings. The summed E-state index contributed by atoms with van der Waals surface area (Å²) in [5.41, 5.74) is 8.66. The molecule has 0 saturated carbocycles. The Morgan fingerprint density at radius 1 is 1.03 bits per heavy atom. The lowest BCUT2D eigenvalue weighted by molar-refractivity contribution is -0.137. The molecule has 0 aliphatic rings. The van der Waals surface area contributed by atoms with Crippen LogP contribution >= 0.6 is 0 Å². The number of fused-ring (bicyclic) bond motifs is 1. The molecule has 1 heterocycles. The second-order valence-electron chi connectivity index (χ2n) is 10.2. The molecule has 39 heavy (non-hydrogen) atoms. The zero-order valence-corrected chi connectivity index (χ0v) is 23.4. The first kappa shape index (κ1) is 28.5. The highest BCUT2D eigenvalue weighted by atomic mass is 16.5. The van der Waals surface area contributed by atoms with Gasteiger partial charge in [-0.05, 0) is 85.0 Å². The fourth-order valence-electron chi connectivity index (χ4n) is 5.62. The van der Waals surface area contributed by atoms with Crippen LogP contribution in [0.3, 0.4) is 0 Å². The van der Waals surface area contributed by atoms with Crippen molar-refractivity contribution in [1.29, 1.82) is 0 Å². The molecule has 3 aromatic carbocycles. The van der Waals surface area contributed by atoms with Crippen molar-refractivity contribution < 1.29 is 19.7 Å². The summed E-state index contributed by atoms with van der Waals surface area (Å²) in [6, 6.07) is 18.2. The Balaban J connectivity index is 1.54. The minimum absolute atomic E-state index is 0.0429. The summed E-state index contributed by atoms with van der Waals surface area (Å²) in [7, 11) is 0. The second kappa shape index (κ2) is 13.0. The maximum Gasteiger partial charge on any atom is 0.304 e. The number of ether oxygens (including phenoxy) is 1. The highest BCUT2D eigenvalue weighted by molar-refractivity contribution is 5.80. The molecule has 0 bridgehead atoms. The summed E-state index contributed by atoms with van der Waals surface area (Å²) in [6.07, 6.45) is 1.88. The summed E-state index contributed by atoms with van der Waals surface area (Å²) in [6.45, 7) is 9.84. The summed E-state index contributed by atoms with van der Waals surface area (Å²) < 4.78 is 7.72. The van der Waals surface area contributed by atoms with Crippen LogP contribution in [0.4, 0.5) is 0 Å². The van der Waals surface area contributed by atoms with E-state index in [4.69, 9.17) is 4.74 Å². The third-order valence-corrected chi connectivity index (χ3v) is 7.51. The molecule has 0 amide bonds. The fraction of sp³-hybridized carbons (Fsp3) is 0.406. The molecule has 1 aromatic heterocycles. The first-order valence-electron chi connectivity index (χ1n) is 13.8. The first-order chi connectivity index (χ1) is 18.8. The van der Waals surface area contributed by atoms with Gasteiger partial charge >= 0.3 is 5.97 Å². The number of aliphatic hydroxyl groups is 1. The minimum Gasteiger partial charge on any atom is -0.481 e. The van der Waals surface area contributed by atoms with E-state index >= 15 is 0 Å². The lowest BCUT2D eigenvalue weighted by Gasteiger charge is -2.25. The van der Waals surface area contributed by atoms with E-state index in [1.807, 2.05) is 61.0 Å². The van der Waals surface area contributed by atoms with E-state index in [0.29, 0.717) is 19.6 Å². The van der Waals surface area contributed by atoms with Gasteiger partial charge in [0.2, 0.25) is 0 Å². The van der Waals surface area contributed by atoms with E-state index in [0.717, 1.165) is 63.8 Å². The molecule has 2 atom stereocenters. The molecule has 206 valence electrons. The Morgan fingerprint density at radius 3 is 2.46 bits per heavy atom. The van der Waals surface area contributed by atoms with Gasteiger partial charge in [-0.25, -0.2) is 4.68 Å². The molecule has 4 rings (SSSR count). The van der Waals surface area contributed by atoms with E-state index in [2.05, 4.69) is 29.4 Å². The SMILES string of the molecule is CCc1c(C(CC(=O)O)c2ccc3c(nnn3CCCCOCc3ccccc3)c2C)ccc(C)c1C(C)O. The predicted octanol–water partition coefficient (Wildman–Crippen LogP) is 6.27. The Kier molecular flexibility index (Phi) is 9.49. The molecule has 0 radical (unpaired) electrons. The number of hydrogen-bond donors (Lipinski definition) is 2.